The first-order valence-electron chi connectivity index (χ1n) is 8.29. The molecule has 2 heterocycles. The molecule has 1 amide bonds. The van der Waals surface area contributed by atoms with Gasteiger partial charge in [0.1, 0.15) is 6.07 Å². The minimum absolute atomic E-state index is 0.0146. The average Bonchev–Trinajstić information content (AvgIpc) is 3.15. The third-order valence-electron chi connectivity index (χ3n) is 4.61. The van der Waals surface area contributed by atoms with E-state index in [0.717, 1.165) is 10.2 Å². The van der Waals surface area contributed by atoms with Crippen molar-refractivity contribution in [1.29, 1.82) is 5.26 Å². The first kappa shape index (κ1) is 16.7. The minimum Gasteiger partial charge on any atom is -0.454 e. The summed E-state index contributed by atoms with van der Waals surface area (Å²) in [5.74, 6) is 1.27. The highest BCUT2D eigenvalue weighted by Crippen LogP contribution is 2.33. The molecule has 1 saturated heterocycles. The molecule has 0 aliphatic carbocycles. The average molecular weight is 414 g/mol. The molecule has 2 aromatic carbocycles. The Kier molecular flexibility index (Phi) is 4.43. The number of benzene rings is 2. The Morgan fingerprint density at radius 1 is 1.04 bits per heavy atom. The third kappa shape index (κ3) is 3.08. The molecule has 4 rings (SSSR count). The number of hydrogen-bond acceptors (Lipinski definition) is 5. The normalized spacial score (nSPS) is 15.7. The van der Waals surface area contributed by atoms with Crippen LogP contribution in [0, 0.1) is 11.3 Å². The van der Waals surface area contributed by atoms with Crippen LogP contribution in [0.3, 0.4) is 0 Å². The standard InChI is InChI=1S/C19H16BrN3O3/c20-15-2-3-16(14(9-15)11-21)22-5-7-23(8-6-22)19(24)13-1-4-17-18(10-13)26-12-25-17/h1-4,9-10H,5-8,12H2. The molecule has 0 N–H and O–H groups in total. The largest absolute Gasteiger partial charge is 0.454 e. The third-order valence-corrected chi connectivity index (χ3v) is 5.10. The number of fused-ring (bicyclic) bond motifs is 1. The van der Waals surface area contributed by atoms with Gasteiger partial charge >= 0.3 is 0 Å². The first-order chi connectivity index (χ1) is 12.7. The summed E-state index contributed by atoms with van der Waals surface area (Å²) in [6.07, 6.45) is 0. The summed E-state index contributed by atoms with van der Waals surface area (Å²) in [6, 6.07) is 13.2. The van der Waals surface area contributed by atoms with Gasteiger partial charge in [-0.05, 0) is 36.4 Å². The van der Waals surface area contributed by atoms with Gasteiger partial charge in [0.2, 0.25) is 6.79 Å². The summed E-state index contributed by atoms with van der Waals surface area (Å²) in [5, 5.41) is 9.36. The van der Waals surface area contributed by atoms with E-state index < -0.39 is 0 Å². The van der Waals surface area contributed by atoms with Gasteiger partial charge in [-0.3, -0.25) is 4.79 Å². The Bertz CT molecular complexity index is 901. The predicted octanol–water partition coefficient (Wildman–Crippen LogP) is 3.01. The van der Waals surface area contributed by atoms with Crippen molar-refractivity contribution in [2.75, 3.05) is 37.9 Å². The number of carbonyl (C=O) groups is 1. The maximum Gasteiger partial charge on any atom is 0.254 e. The quantitative estimate of drug-likeness (QED) is 0.756. The van der Waals surface area contributed by atoms with Gasteiger partial charge in [0.15, 0.2) is 11.5 Å². The Labute approximate surface area is 159 Å². The lowest BCUT2D eigenvalue weighted by atomic mass is 10.1. The Morgan fingerprint density at radius 3 is 2.58 bits per heavy atom. The lowest BCUT2D eigenvalue weighted by molar-refractivity contribution is 0.0746. The fraction of sp³-hybridized carbons (Fsp3) is 0.263. The van der Waals surface area contributed by atoms with Crippen molar-refractivity contribution in [3.8, 4) is 17.6 Å². The summed E-state index contributed by atoms with van der Waals surface area (Å²) in [4.78, 5) is 16.7. The molecule has 0 radical (unpaired) electrons. The maximum atomic E-state index is 12.8. The molecule has 132 valence electrons. The van der Waals surface area contributed by atoms with Crippen LogP contribution in [0.15, 0.2) is 40.9 Å². The van der Waals surface area contributed by atoms with Crippen molar-refractivity contribution in [3.05, 3.63) is 52.0 Å². The van der Waals surface area contributed by atoms with Crippen LogP contribution in [-0.4, -0.2) is 43.8 Å². The molecule has 0 aromatic heterocycles. The van der Waals surface area contributed by atoms with E-state index in [1.807, 2.05) is 23.1 Å². The molecule has 0 atom stereocenters. The molecule has 0 spiro atoms. The molecule has 1 fully saturated rings. The fourth-order valence-electron chi connectivity index (χ4n) is 3.24. The number of anilines is 1. The van der Waals surface area contributed by atoms with Crippen molar-refractivity contribution < 1.29 is 14.3 Å². The van der Waals surface area contributed by atoms with E-state index in [9.17, 15) is 10.1 Å². The van der Waals surface area contributed by atoms with Crippen LogP contribution in [-0.2, 0) is 0 Å². The molecule has 0 bridgehead atoms. The van der Waals surface area contributed by atoms with Crippen LogP contribution in [0.1, 0.15) is 15.9 Å². The molecule has 7 heteroatoms. The van der Waals surface area contributed by atoms with E-state index >= 15 is 0 Å². The Hall–Kier alpha value is -2.72. The zero-order valence-electron chi connectivity index (χ0n) is 13.9. The summed E-state index contributed by atoms with van der Waals surface area (Å²) in [5.41, 5.74) is 2.14. The van der Waals surface area contributed by atoms with Crippen molar-refractivity contribution >= 4 is 27.5 Å². The first-order valence-corrected chi connectivity index (χ1v) is 9.08. The highest BCUT2D eigenvalue weighted by Gasteiger charge is 2.25. The summed E-state index contributed by atoms with van der Waals surface area (Å²) >= 11 is 3.40. The van der Waals surface area contributed by atoms with Crippen molar-refractivity contribution in [2.45, 2.75) is 0 Å². The van der Waals surface area contributed by atoms with Crippen LogP contribution in [0.2, 0.25) is 0 Å². The van der Waals surface area contributed by atoms with Gasteiger partial charge in [0, 0.05) is 36.2 Å². The summed E-state index contributed by atoms with van der Waals surface area (Å²) < 4.78 is 11.5. The van der Waals surface area contributed by atoms with Crippen molar-refractivity contribution in [3.63, 3.8) is 0 Å². The summed E-state index contributed by atoms with van der Waals surface area (Å²) in [7, 11) is 0. The van der Waals surface area contributed by atoms with Crippen LogP contribution in [0.4, 0.5) is 5.69 Å². The number of hydrogen-bond donors (Lipinski definition) is 0. The second-order valence-corrected chi connectivity index (χ2v) is 7.04. The number of carbonyl (C=O) groups excluding carboxylic acids is 1. The van der Waals surface area contributed by atoms with E-state index in [-0.39, 0.29) is 12.7 Å². The number of rotatable bonds is 2. The Morgan fingerprint density at radius 2 is 1.81 bits per heavy atom. The van der Waals surface area contributed by atoms with Crippen LogP contribution in [0.25, 0.3) is 0 Å². The number of halogens is 1. The highest BCUT2D eigenvalue weighted by molar-refractivity contribution is 9.10. The van der Waals surface area contributed by atoms with Crippen LogP contribution in [0.5, 0.6) is 11.5 Å². The molecule has 2 aromatic rings. The topological polar surface area (TPSA) is 65.8 Å². The van der Waals surface area contributed by atoms with Gasteiger partial charge in [-0.25, -0.2) is 0 Å². The zero-order chi connectivity index (χ0) is 18.1. The highest BCUT2D eigenvalue weighted by atomic mass is 79.9. The van der Waals surface area contributed by atoms with E-state index in [4.69, 9.17) is 9.47 Å². The Balaban J connectivity index is 1.45. The molecule has 0 saturated carbocycles. The van der Waals surface area contributed by atoms with E-state index in [0.29, 0.717) is 48.8 Å². The second-order valence-electron chi connectivity index (χ2n) is 6.12. The molecule has 0 unspecified atom stereocenters. The number of amides is 1. The smallest absolute Gasteiger partial charge is 0.254 e. The molecule has 26 heavy (non-hydrogen) atoms. The predicted molar refractivity (Wildman–Crippen MR) is 99.5 cm³/mol. The van der Waals surface area contributed by atoms with Crippen molar-refractivity contribution in [2.24, 2.45) is 0 Å². The number of nitriles is 1. The molecule has 2 aliphatic rings. The maximum absolute atomic E-state index is 12.8. The van der Waals surface area contributed by atoms with E-state index in [2.05, 4.69) is 26.9 Å². The second kappa shape index (κ2) is 6.89. The monoisotopic (exact) mass is 413 g/mol. The van der Waals surface area contributed by atoms with Gasteiger partial charge in [0.05, 0.1) is 11.3 Å². The fourth-order valence-corrected chi connectivity index (χ4v) is 3.60. The van der Waals surface area contributed by atoms with Gasteiger partial charge in [0.25, 0.3) is 5.91 Å². The minimum atomic E-state index is -0.0146. The van der Waals surface area contributed by atoms with Gasteiger partial charge in [-0.2, -0.15) is 5.26 Å². The van der Waals surface area contributed by atoms with E-state index in [1.54, 1.807) is 18.2 Å². The molecular formula is C19H16BrN3O3. The molecule has 6 nitrogen and oxygen atoms in total. The number of piperazine rings is 1. The zero-order valence-corrected chi connectivity index (χ0v) is 15.5. The number of ether oxygens (including phenoxy) is 2. The summed E-state index contributed by atoms with van der Waals surface area (Å²) in [6.45, 7) is 2.78. The van der Waals surface area contributed by atoms with Gasteiger partial charge < -0.3 is 19.3 Å². The van der Waals surface area contributed by atoms with Gasteiger partial charge in [-0.15, -0.1) is 0 Å². The van der Waals surface area contributed by atoms with Crippen molar-refractivity contribution in [1.82, 2.24) is 4.90 Å². The molecule has 2 aliphatic heterocycles. The van der Waals surface area contributed by atoms with Crippen LogP contribution >= 0.6 is 15.9 Å². The van der Waals surface area contributed by atoms with Crippen LogP contribution < -0.4 is 14.4 Å². The van der Waals surface area contributed by atoms with E-state index in [1.165, 1.54) is 0 Å². The van der Waals surface area contributed by atoms with Gasteiger partial charge in [-0.1, -0.05) is 15.9 Å². The lowest BCUT2D eigenvalue weighted by Crippen LogP contribution is -2.49. The number of nitrogens with zero attached hydrogens (tertiary/aromatic N) is 3. The lowest BCUT2D eigenvalue weighted by Gasteiger charge is -2.36. The molecular weight excluding hydrogens is 398 g/mol. The SMILES string of the molecule is N#Cc1cc(Br)ccc1N1CCN(C(=O)c2ccc3c(c2)OCO3)CC1.